The van der Waals surface area contributed by atoms with Crippen LogP contribution in [0, 0.1) is 0 Å². The molecule has 0 saturated carbocycles. The largest absolute Gasteiger partial charge is 0.448 e. The molecule has 0 atom stereocenters. The van der Waals surface area contributed by atoms with Crippen LogP contribution < -0.4 is 28.0 Å². The minimum atomic E-state index is -0.918. The molecule has 10 nitrogen and oxygen atoms in total. The van der Waals surface area contributed by atoms with Gasteiger partial charge in [0, 0.05) is 13.7 Å². The van der Waals surface area contributed by atoms with Crippen LogP contribution in [-0.4, -0.2) is 42.5 Å². The molecule has 0 fully saturated rings. The number of nitrogens with one attached hydrogen (secondary N) is 2. The maximum Gasteiger partial charge on any atom is 0.404 e. The number of ether oxygens (including phenoxy) is 2. The van der Waals surface area contributed by atoms with E-state index >= 15 is 0 Å². The quantitative estimate of drug-likeness (QED) is 0.434. The summed E-state index contributed by atoms with van der Waals surface area (Å²) in [6.45, 7) is 0.550. The Bertz CT molecular complexity index is 578. The molecule has 0 aromatic carbocycles. The lowest BCUT2D eigenvalue weighted by atomic mass is 10.4. The summed E-state index contributed by atoms with van der Waals surface area (Å²) in [6, 6.07) is 0. The van der Waals surface area contributed by atoms with Gasteiger partial charge in [-0.1, -0.05) is 0 Å². The fraction of sp³-hybridized carbons (Fsp3) is 0.500. The van der Waals surface area contributed by atoms with Gasteiger partial charge in [0.1, 0.15) is 18.1 Å². The Labute approximate surface area is 113 Å². The predicted octanol–water partition coefficient (Wildman–Crippen LogP) is -1.73. The van der Waals surface area contributed by atoms with Gasteiger partial charge in [0.05, 0.1) is 13.2 Å². The van der Waals surface area contributed by atoms with Crippen LogP contribution in [0.5, 0.6) is 0 Å². The van der Waals surface area contributed by atoms with Crippen LogP contribution in [0.3, 0.4) is 0 Å². The molecule has 0 bridgehead atoms. The van der Waals surface area contributed by atoms with Crippen molar-refractivity contribution >= 4 is 17.6 Å². The topological polar surface area (TPSA) is 154 Å². The number of nitrogen functional groups attached to an aromatic ring is 1. The summed E-state index contributed by atoms with van der Waals surface area (Å²) in [5.41, 5.74) is 9.30. The number of carbonyl (C=O) groups excluding carboxylic acids is 1. The molecule has 1 rings (SSSR count). The number of rotatable bonds is 7. The second-order valence-electron chi connectivity index (χ2n) is 3.76. The third-order valence-electron chi connectivity index (χ3n) is 2.41. The summed E-state index contributed by atoms with van der Waals surface area (Å²) in [5.74, 6) is -0.0186. The minimum Gasteiger partial charge on any atom is -0.448 e. The van der Waals surface area contributed by atoms with Crippen molar-refractivity contribution < 1.29 is 14.3 Å². The minimum absolute atomic E-state index is 0.0186. The molecular weight excluding hydrogens is 270 g/mol. The molecule has 0 aliphatic heterocycles. The van der Waals surface area contributed by atoms with E-state index in [1.807, 2.05) is 0 Å². The number of carbonyl (C=O) groups is 1. The fourth-order valence-corrected chi connectivity index (χ4v) is 1.49. The molecule has 112 valence electrons. The van der Waals surface area contributed by atoms with Crippen LogP contribution in [0.15, 0.2) is 9.59 Å². The van der Waals surface area contributed by atoms with Crippen molar-refractivity contribution in [3.05, 3.63) is 20.8 Å². The first-order valence-electron chi connectivity index (χ1n) is 5.75. The Kier molecular flexibility index (Phi) is 5.59. The Morgan fingerprint density at radius 1 is 1.40 bits per heavy atom. The van der Waals surface area contributed by atoms with E-state index in [1.165, 1.54) is 11.7 Å². The Balaban J connectivity index is 2.87. The smallest absolute Gasteiger partial charge is 0.404 e. The van der Waals surface area contributed by atoms with Gasteiger partial charge in [-0.15, -0.1) is 0 Å². The Morgan fingerprint density at radius 3 is 2.70 bits per heavy atom. The molecule has 1 aromatic rings. The number of aromatic amines is 1. The SMILES string of the molecule is COCCn1c(N)c(NCCOC(N)=O)c(=O)[nH]c1=O. The van der Waals surface area contributed by atoms with E-state index in [2.05, 4.69) is 15.0 Å². The predicted molar refractivity (Wildman–Crippen MR) is 71.6 cm³/mol. The van der Waals surface area contributed by atoms with E-state index in [9.17, 15) is 14.4 Å². The highest BCUT2D eigenvalue weighted by Gasteiger charge is 2.11. The van der Waals surface area contributed by atoms with Crippen LogP contribution >= 0.6 is 0 Å². The van der Waals surface area contributed by atoms with Crippen LogP contribution in [0.2, 0.25) is 0 Å². The van der Waals surface area contributed by atoms with E-state index in [4.69, 9.17) is 16.2 Å². The fourth-order valence-electron chi connectivity index (χ4n) is 1.49. The number of methoxy groups -OCH3 is 1. The van der Waals surface area contributed by atoms with Crippen molar-refractivity contribution in [2.45, 2.75) is 6.54 Å². The summed E-state index contributed by atoms with van der Waals surface area (Å²) < 4.78 is 10.5. The molecular formula is C10H17N5O5. The first-order chi connectivity index (χ1) is 9.47. The van der Waals surface area contributed by atoms with Crippen LogP contribution in [0.25, 0.3) is 0 Å². The molecule has 0 unspecified atom stereocenters. The van der Waals surface area contributed by atoms with E-state index in [1.54, 1.807) is 0 Å². The lowest BCUT2D eigenvalue weighted by Gasteiger charge is -2.13. The van der Waals surface area contributed by atoms with E-state index in [-0.39, 0.29) is 37.8 Å². The number of nitrogens with zero attached hydrogens (tertiary/aromatic N) is 1. The summed E-state index contributed by atoms with van der Waals surface area (Å²) in [7, 11) is 1.48. The average Bonchev–Trinajstić information content (AvgIpc) is 2.37. The lowest BCUT2D eigenvalue weighted by Crippen LogP contribution is -2.35. The first-order valence-corrected chi connectivity index (χ1v) is 5.75. The number of primary amides is 1. The summed E-state index contributed by atoms with van der Waals surface area (Å²) in [5, 5.41) is 2.68. The van der Waals surface area contributed by atoms with E-state index in [0.29, 0.717) is 0 Å². The number of nitrogens with two attached hydrogens (primary N) is 2. The Morgan fingerprint density at radius 2 is 2.10 bits per heavy atom. The molecule has 0 saturated heterocycles. The van der Waals surface area contributed by atoms with E-state index in [0.717, 1.165) is 0 Å². The molecule has 1 heterocycles. The standard InChI is InChI=1S/C10H17N5O5/c1-19-5-3-15-7(11)6(8(16)14-10(15)18)13-2-4-20-9(12)17/h13H,2-5,11H2,1H3,(H2,12,17)(H,14,16,18). The zero-order chi connectivity index (χ0) is 15.1. The van der Waals surface area contributed by atoms with Gasteiger partial charge in [-0.05, 0) is 0 Å². The van der Waals surface area contributed by atoms with Crippen LogP contribution in [0.4, 0.5) is 16.3 Å². The van der Waals surface area contributed by atoms with Gasteiger partial charge >= 0.3 is 11.8 Å². The van der Waals surface area contributed by atoms with Crippen LogP contribution in [-0.2, 0) is 16.0 Å². The number of hydrogen-bond donors (Lipinski definition) is 4. The van der Waals surface area contributed by atoms with Crippen molar-refractivity contribution in [3.8, 4) is 0 Å². The van der Waals surface area contributed by atoms with Crippen molar-refractivity contribution in [1.82, 2.24) is 9.55 Å². The van der Waals surface area contributed by atoms with Gasteiger partial charge in [0.15, 0.2) is 0 Å². The number of H-pyrrole nitrogens is 1. The third-order valence-corrected chi connectivity index (χ3v) is 2.41. The Hall–Kier alpha value is -2.49. The summed E-state index contributed by atoms with van der Waals surface area (Å²) in [6.07, 6.45) is -0.918. The maximum absolute atomic E-state index is 11.6. The van der Waals surface area contributed by atoms with Crippen molar-refractivity contribution in [3.63, 3.8) is 0 Å². The van der Waals surface area contributed by atoms with Gasteiger partial charge in [0.25, 0.3) is 5.56 Å². The highest BCUT2D eigenvalue weighted by Crippen LogP contribution is 2.09. The van der Waals surface area contributed by atoms with Gasteiger partial charge in [0.2, 0.25) is 0 Å². The monoisotopic (exact) mass is 287 g/mol. The molecule has 0 radical (unpaired) electrons. The maximum atomic E-state index is 11.6. The average molecular weight is 287 g/mol. The highest BCUT2D eigenvalue weighted by molar-refractivity contribution is 5.64. The third kappa shape index (κ3) is 4.02. The molecule has 6 N–H and O–H groups in total. The molecule has 1 amide bonds. The van der Waals surface area contributed by atoms with Crippen molar-refractivity contribution in [2.75, 3.05) is 37.9 Å². The molecule has 0 spiro atoms. The van der Waals surface area contributed by atoms with E-state index < -0.39 is 17.3 Å². The second-order valence-corrected chi connectivity index (χ2v) is 3.76. The first kappa shape index (κ1) is 15.6. The number of amides is 1. The highest BCUT2D eigenvalue weighted by atomic mass is 16.5. The summed E-state index contributed by atoms with van der Waals surface area (Å²) >= 11 is 0. The van der Waals surface area contributed by atoms with Crippen molar-refractivity contribution in [1.29, 1.82) is 0 Å². The number of hydrogen-bond acceptors (Lipinski definition) is 7. The zero-order valence-corrected chi connectivity index (χ0v) is 11.0. The van der Waals surface area contributed by atoms with Gasteiger partial charge in [-0.25, -0.2) is 9.59 Å². The number of anilines is 2. The molecule has 0 aliphatic carbocycles. The van der Waals surface area contributed by atoms with Crippen LogP contribution in [0.1, 0.15) is 0 Å². The summed E-state index contributed by atoms with van der Waals surface area (Å²) in [4.78, 5) is 35.7. The molecule has 10 heteroatoms. The van der Waals surface area contributed by atoms with Gasteiger partial charge in [-0.3, -0.25) is 14.3 Å². The molecule has 20 heavy (non-hydrogen) atoms. The van der Waals surface area contributed by atoms with Crippen molar-refractivity contribution in [2.24, 2.45) is 5.73 Å². The normalized spacial score (nSPS) is 10.2. The van der Waals surface area contributed by atoms with Gasteiger partial charge < -0.3 is 26.3 Å². The molecule has 0 aliphatic rings. The zero-order valence-electron chi connectivity index (χ0n) is 11.0. The van der Waals surface area contributed by atoms with Gasteiger partial charge in [-0.2, -0.15) is 0 Å². The number of aromatic nitrogens is 2. The molecule has 1 aromatic heterocycles. The lowest BCUT2D eigenvalue weighted by molar-refractivity contribution is 0.161. The second kappa shape index (κ2) is 7.19.